The van der Waals surface area contributed by atoms with Crippen LogP contribution in [-0.2, 0) is 4.74 Å². The number of phenolic OH excluding ortho intramolecular Hbond substituents is 1. The predicted octanol–water partition coefficient (Wildman–Crippen LogP) is 3.15. The van der Waals surface area contributed by atoms with Gasteiger partial charge in [0.25, 0.3) is 11.4 Å². The molecule has 154 valence electrons. The largest absolute Gasteiger partial charge is 0.497 e. The van der Waals surface area contributed by atoms with Gasteiger partial charge in [0.1, 0.15) is 6.23 Å². The molecule has 12 heteroatoms. The standard InChI is InChI=1S/C11H15NO.C6H3N3O7/c1-12-8-5-9-13-11(12)10-6-3-2-4-7-10;10-6-4(8(13)14)1-3(7(11)12)2-5(6)9(15)16/h2-4,6-7,11H,5,8-9H2,1H3;1-2,10H. The van der Waals surface area contributed by atoms with E-state index in [1.54, 1.807) is 0 Å². The third-order valence-corrected chi connectivity index (χ3v) is 4.07. The maximum absolute atomic E-state index is 10.4. The van der Waals surface area contributed by atoms with Gasteiger partial charge in [-0.05, 0) is 19.0 Å². The smallest absolute Gasteiger partial charge is 0.324 e. The average Bonchev–Trinajstić information content (AvgIpc) is 2.69. The molecule has 3 rings (SSSR count). The number of ether oxygens (including phenoxy) is 1. The Morgan fingerprint density at radius 1 is 1.00 bits per heavy atom. The van der Waals surface area contributed by atoms with Gasteiger partial charge in [0.05, 0.1) is 33.5 Å². The van der Waals surface area contributed by atoms with Gasteiger partial charge in [-0.25, -0.2) is 0 Å². The SMILES string of the molecule is CN1CCCOC1c1ccccc1.O=[N+]([O-])c1cc([N+](=O)[O-])c(O)c([N+](=O)[O-])c1. The van der Waals surface area contributed by atoms with E-state index in [4.69, 9.17) is 9.84 Å². The first-order chi connectivity index (χ1) is 13.7. The van der Waals surface area contributed by atoms with Crippen molar-refractivity contribution in [1.82, 2.24) is 4.90 Å². The van der Waals surface area contributed by atoms with Crippen LogP contribution in [0.2, 0.25) is 0 Å². The number of phenols is 1. The van der Waals surface area contributed by atoms with Crippen LogP contribution < -0.4 is 0 Å². The zero-order valence-electron chi connectivity index (χ0n) is 15.3. The van der Waals surface area contributed by atoms with Crippen molar-refractivity contribution in [3.8, 4) is 5.75 Å². The van der Waals surface area contributed by atoms with Crippen molar-refractivity contribution in [2.45, 2.75) is 12.6 Å². The highest BCUT2D eigenvalue weighted by atomic mass is 16.6. The molecular formula is C17H18N4O8. The Kier molecular flexibility index (Phi) is 7.11. The normalized spacial score (nSPS) is 16.4. The molecule has 1 saturated heterocycles. The van der Waals surface area contributed by atoms with E-state index in [-0.39, 0.29) is 6.23 Å². The van der Waals surface area contributed by atoms with Gasteiger partial charge in [0.15, 0.2) is 0 Å². The number of non-ortho nitro benzene ring substituents is 1. The maximum Gasteiger partial charge on any atom is 0.324 e. The van der Waals surface area contributed by atoms with E-state index < -0.39 is 37.6 Å². The number of aromatic hydroxyl groups is 1. The zero-order valence-corrected chi connectivity index (χ0v) is 15.3. The zero-order chi connectivity index (χ0) is 21.6. The van der Waals surface area contributed by atoms with Crippen molar-refractivity contribution in [2.75, 3.05) is 20.2 Å². The molecule has 1 N–H and O–H groups in total. The Morgan fingerprint density at radius 2 is 1.55 bits per heavy atom. The van der Waals surface area contributed by atoms with Gasteiger partial charge in [0, 0.05) is 6.54 Å². The van der Waals surface area contributed by atoms with Crippen molar-refractivity contribution < 1.29 is 24.6 Å². The lowest BCUT2D eigenvalue weighted by Gasteiger charge is -2.32. The van der Waals surface area contributed by atoms with Crippen molar-refractivity contribution in [1.29, 1.82) is 0 Å². The molecule has 0 bridgehead atoms. The second-order valence-corrected chi connectivity index (χ2v) is 6.07. The molecule has 29 heavy (non-hydrogen) atoms. The summed E-state index contributed by atoms with van der Waals surface area (Å²) >= 11 is 0. The summed E-state index contributed by atoms with van der Waals surface area (Å²) in [5, 5.41) is 40.2. The van der Waals surface area contributed by atoms with E-state index in [9.17, 15) is 30.3 Å². The fraction of sp³-hybridized carbons (Fsp3) is 0.294. The fourth-order valence-electron chi connectivity index (χ4n) is 2.70. The highest BCUT2D eigenvalue weighted by Gasteiger charge is 2.30. The van der Waals surface area contributed by atoms with E-state index in [0.29, 0.717) is 12.1 Å². The topological polar surface area (TPSA) is 162 Å². The third-order valence-electron chi connectivity index (χ3n) is 4.07. The molecule has 0 saturated carbocycles. The molecule has 1 unspecified atom stereocenters. The summed E-state index contributed by atoms with van der Waals surface area (Å²) in [7, 11) is 2.11. The van der Waals surface area contributed by atoms with Crippen LogP contribution in [0.5, 0.6) is 5.75 Å². The van der Waals surface area contributed by atoms with Crippen LogP contribution in [0.4, 0.5) is 17.1 Å². The van der Waals surface area contributed by atoms with E-state index in [1.807, 2.05) is 6.07 Å². The number of rotatable bonds is 4. The second kappa shape index (κ2) is 9.52. The van der Waals surface area contributed by atoms with Gasteiger partial charge in [-0.1, -0.05) is 30.3 Å². The van der Waals surface area contributed by atoms with Crippen LogP contribution in [0.15, 0.2) is 42.5 Å². The highest BCUT2D eigenvalue weighted by molar-refractivity contribution is 5.64. The van der Waals surface area contributed by atoms with E-state index in [1.165, 1.54) is 5.56 Å². The average molecular weight is 406 g/mol. The molecule has 12 nitrogen and oxygen atoms in total. The number of nitro benzene ring substituents is 3. The molecule has 1 aliphatic heterocycles. The predicted molar refractivity (Wildman–Crippen MR) is 100 cm³/mol. The Bertz CT molecular complexity index is 871. The summed E-state index contributed by atoms with van der Waals surface area (Å²) in [4.78, 5) is 30.0. The molecule has 1 aliphatic rings. The molecule has 0 aliphatic carbocycles. The summed E-state index contributed by atoms with van der Waals surface area (Å²) in [6.07, 6.45) is 1.30. The van der Waals surface area contributed by atoms with Gasteiger partial charge in [0.2, 0.25) is 0 Å². The van der Waals surface area contributed by atoms with Crippen molar-refractivity contribution >= 4 is 17.1 Å². The Balaban J connectivity index is 0.000000211. The minimum atomic E-state index is -1.21. The van der Waals surface area contributed by atoms with E-state index in [0.717, 1.165) is 19.6 Å². The number of hydrogen-bond acceptors (Lipinski definition) is 9. The van der Waals surface area contributed by atoms with Gasteiger partial charge >= 0.3 is 11.4 Å². The van der Waals surface area contributed by atoms with Crippen molar-refractivity contribution in [3.05, 3.63) is 78.4 Å². The third kappa shape index (κ3) is 5.43. The molecule has 0 aromatic heterocycles. The first kappa shape index (κ1) is 21.7. The van der Waals surface area contributed by atoms with Crippen molar-refractivity contribution in [3.63, 3.8) is 0 Å². The fourth-order valence-corrected chi connectivity index (χ4v) is 2.70. The van der Waals surface area contributed by atoms with Crippen LogP contribution in [0.25, 0.3) is 0 Å². The van der Waals surface area contributed by atoms with Gasteiger partial charge in [-0.15, -0.1) is 0 Å². The van der Waals surface area contributed by atoms with Crippen molar-refractivity contribution in [2.24, 2.45) is 0 Å². The molecule has 2 aromatic carbocycles. The number of nitrogens with zero attached hydrogens (tertiary/aromatic N) is 4. The van der Waals surface area contributed by atoms with Gasteiger partial charge < -0.3 is 9.84 Å². The second-order valence-electron chi connectivity index (χ2n) is 6.07. The minimum Gasteiger partial charge on any atom is -0.497 e. The molecule has 0 amide bonds. The monoisotopic (exact) mass is 406 g/mol. The number of nitro groups is 3. The molecule has 0 radical (unpaired) electrons. The molecular weight excluding hydrogens is 388 g/mol. The Labute approximate surface area is 164 Å². The minimum absolute atomic E-state index is 0.162. The first-order valence-electron chi connectivity index (χ1n) is 8.39. The summed E-state index contributed by atoms with van der Waals surface area (Å²) < 4.78 is 5.70. The highest BCUT2D eigenvalue weighted by Crippen LogP contribution is 2.38. The molecule has 2 aromatic rings. The number of hydrogen-bond donors (Lipinski definition) is 1. The Hall–Kier alpha value is -3.64. The maximum atomic E-state index is 10.4. The summed E-state index contributed by atoms with van der Waals surface area (Å²) in [5.74, 6) is -1.21. The lowest BCUT2D eigenvalue weighted by atomic mass is 10.1. The molecule has 1 fully saturated rings. The lowest BCUT2D eigenvalue weighted by molar-refractivity contribution is -0.404. The Morgan fingerprint density at radius 3 is 2.00 bits per heavy atom. The summed E-state index contributed by atoms with van der Waals surface area (Å²) in [6, 6.07) is 11.3. The van der Waals surface area contributed by atoms with Crippen LogP contribution in [0.3, 0.4) is 0 Å². The van der Waals surface area contributed by atoms with Gasteiger partial charge in [-0.2, -0.15) is 0 Å². The molecule has 0 spiro atoms. The van der Waals surface area contributed by atoms with E-state index in [2.05, 4.69) is 36.2 Å². The summed E-state index contributed by atoms with van der Waals surface area (Å²) in [6.45, 7) is 2.00. The van der Waals surface area contributed by atoms with E-state index >= 15 is 0 Å². The number of benzene rings is 2. The quantitative estimate of drug-likeness (QED) is 0.593. The van der Waals surface area contributed by atoms with Crippen LogP contribution in [-0.4, -0.2) is 45.0 Å². The molecule has 1 atom stereocenters. The first-order valence-corrected chi connectivity index (χ1v) is 8.39. The summed E-state index contributed by atoms with van der Waals surface area (Å²) in [5.41, 5.74) is -1.75. The van der Waals surface area contributed by atoms with Crippen LogP contribution in [0.1, 0.15) is 18.2 Å². The van der Waals surface area contributed by atoms with Gasteiger partial charge in [-0.3, -0.25) is 35.2 Å². The van der Waals surface area contributed by atoms with Crippen LogP contribution in [0, 0.1) is 30.3 Å². The lowest BCUT2D eigenvalue weighted by Crippen LogP contribution is -2.33. The van der Waals surface area contributed by atoms with Crippen LogP contribution >= 0.6 is 0 Å². The molecule has 1 heterocycles.